The lowest BCUT2D eigenvalue weighted by molar-refractivity contribution is -0.115. The lowest BCUT2D eigenvalue weighted by Gasteiger charge is -2.09. The summed E-state index contributed by atoms with van der Waals surface area (Å²) < 4.78 is 0. The van der Waals surface area contributed by atoms with Crippen LogP contribution in [-0.2, 0) is 11.2 Å². The molecule has 1 aliphatic rings. The molecule has 1 aliphatic heterocycles. The number of carbonyl (C=O) groups excluding carboxylic acids is 1. The molecule has 0 unspecified atom stereocenters. The van der Waals surface area contributed by atoms with Gasteiger partial charge in [0.2, 0.25) is 5.91 Å². The summed E-state index contributed by atoms with van der Waals surface area (Å²) in [5.74, 6) is 0.0859. The summed E-state index contributed by atoms with van der Waals surface area (Å²) in [6.45, 7) is 2.05. The van der Waals surface area contributed by atoms with E-state index in [-0.39, 0.29) is 5.91 Å². The van der Waals surface area contributed by atoms with Gasteiger partial charge >= 0.3 is 0 Å². The molecule has 2 nitrogen and oxygen atoms in total. The number of anilines is 1. The molecule has 0 atom stereocenters. The molecule has 2 aromatic rings. The normalized spacial score (nSPS) is 13.4. The van der Waals surface area contributed by atoms with E-state index < -0.39 is 0 Å². The molecule has 0 spiro atoms. The van der Waals surface area contributed by atoms with E-state index >= 15 is 0 Å². The van der Waals surface area contributed by atoms with Crippen LogP contribution in [-0.4, -0.2) is 5.91 Å². The van der Waals surface area contributed by atoms with Gasteiger partial charge in [-0.2, -0.15) is 0 Å². The van der Waals surface area contributed by atoms with Gasteiger partial charge in [-0.1, -0.05) is 36.4 Å². The van der Waals surface area contributed by atoms with Crippen LogP contribution >= 0.6 is 0 Å². The number of hydrogen-bond acceptors (Lipinski definition) is 1. The monoisotopic (exact) mass is 223 g/mol. The minimum absolute atomic E-state index is 0.0859. The third-order valence-electron chi connectivity index (χ3n) is 3.09. The highest BCUT2D eigenvalue weighted by Crippen LogP contribution is 2.34. The van der Waals surface area contributed by atoms with Crippen molar-refractivity contribution in [3.8, 4) is 11.1 Å². The third kappa shape index (κ3) is 1.72. The highest BCUT2D eigenvalue weighted by atomic mass is 16.1. The standard InChI is InChI=1S/C15H13NO/c1-10-7-12(11-5-3-2-4-6-11)13-9-15(17)16-14(13)8-10/h2-8H,9H2,1H3,(H,16,17). The van der Waals surface area contributed by atoms with Crippen molar-refractivity contribution in [2.45, 2.75) is 13.3 Å². The Morgan fingerprint density at radius 2 is 1.88 bits per heavy atom. The van der Waals surface area contributed by atoms with Gasteiger partial charge in [-0.25, -0.2) is 0 Å². The zero-order chi connectivity index (χ0) is 11.8. The molecular weight excluding hydrogens is 210 g/mol. The minimum atomic E-state index is 0.0859. The summed E-state index contributed by atoms with van der Waals surface area (Å²) in [5.41, 5.74) is 5.59. The fraction of sp³-hybridized carbons (Fsp3) is 0.133. The second-order valence-electron chi connectivity index (χ2n) is 4.43. The molecule has 0 radical (unpaired) electrons. The van der Waals surface area contributed by atoms with Gasteiger partial charge in [-0.15, -0.1) is 0 Å². The Morgan fingerprint density at radius 1 is 1.12 bits per heavy atom. The first-order valence-corrected chi connectivity index (χ1v) is 5.73. The molecule has 0 aromatic heterocycles. The Morgan fingerprint density at radius 3 is 2.65 bits per heavy atom. The SMILES string of the molecule is Cc1cc2c(c(-c3ccccc3)c1)CC(=O)N2. The van der Waals surface area contributed by atoms with E-state index in [4.69, 9.17) is 0 Å². The maximum absolute atomic E-state index is 11.5. The summed E-state index contributed by atoms with van der Waals surface area (Å²) in [7, 11) is 0. The van der Waals surface area contributed by atoms with E-state index in [1.165, 1.54) is 16.7 Å². The summed E-state index contributed by atoms with van der Waals surface area (Å²) in [5, 5.41) is 2.91. The van der Waals surface area contributed by atoms with Crippen LogP contribution in [0, 0.1) is 6.92 Å². The van der Waals surface area contributed by atoms with Crippen molar-refractivity contribution in [2.75, 3.05) is 5.32 Å². The van der Waals surface area contributed by atoms with Gasteiger partial charge in [0.05, 0.1) is 6.42 Å². The van der Waals surface area contributed by atoms with Gasteiger partial charge in [0.15, 0.2) is 0 Å². The summed E-state index contributed by atoms with van der Waals surface area (Å²) in [6, 6.07) is 14.4. The first-order chi connectivity index (χ1) is 8.24. The minimum Gasteiger partial charge on any atom is -0.326 e. The van der Waals surface area contributed by atoms with E-state index in [1.54, 1.807) is 0 Å². The van der Waals surface area contributed by atoms with Gasteiger partial charge in [0.25, 0.3) is 0 Å². The molecular formula is C15H13NO. The molecule has 17 heavy (non-hydrogen) atoms. The van der Waals surface area contributed by atoms with Crippen LogP contribution in [0.4, 0.5) is 5.69 Å². The first kappa shape index (κ1) is 10.1. The number of benzene rings is 2. The molecule has 84 valence electrons. The smallest absolute Gasteiger partial charge is 0.228 e. The molecule has 0 aliphatic carbocycles. The number of fused-ring (bicyclic) bond motifs is 1. The lowest BCUT2D eigenvalue weighted by Crippen LogP contribution is -2.03. The second-order valence-corrected chi connectivity index (χ2v) is 4.43. The summed E-state index contributed by atoms with van der Waals surface area (Å²) in [4.78, 5) is 11.5. The van der Waals surface area contributed by atoms with Crippen molar-refractivity contribution in [1.82, 2.24) is 0 Å². The third-order valence-corrected chi connectivity index (χ3v) is 3.09. The Kier molecular flexibility index (Phi) is 2.22. The molecule has 0 fully saturated rings. The van der Waals surface area contributed by atoms with Crippen molar-refractivity contribution < 1.29 is 4.79 Å². The fourth-order valence-electron chi connectivity index (χ4n) is 2.35. The van der Waals surface area contributed by atoms with E-state index in [9.17, 15) is 4.79 Å². The first-order valence-electron chi connectivity index (χ1n) is 5.73. The van der Waals surface area contributed by atoms with Crippen molar-refractivity contribution in [3.63, 3.8) is 0 Å². The van der Waals surface area contributed by atoms with Crippen molar-refractivity contribution in [3.05, 3.63) is 53.6 Å². The zero-order valence-electron chi connectivity index (χ0n) is 9.66. The highest BCUT2D eigenvalue weighted by Gasteiger charge is 2.21. The average Bonchev–Trinajstić information content (AvgIpc) is 2.69. The van der Waals surface area contributed by atoms with Crippen molar-refractivity contribution in [1.29, 1.82) is 0 Å². The quantitative estimate of drug-likeness (QED) is 0.790. The van der Waals surface area contributed by atoms with Crippen molar-refractivity contribution >= 4 is 11.6 Å². The Labute approximate surface area is 100 Å². The summed E-state index contributed by atoms with van der Waals surface area (Å²) in [6.07, 6.45) is 0.486. The number of carbonyl (C=O) groups is 1. The average molecular weight is 223 g/mol. The van der Waals surface area contributed by atoms with E-state index in [0.717, 1.165) is 11.3 Å². The summed E-state index contributed by atoms with van der Waals surface area (Å²) >= 11 is 0. The maximum Gasteiger partial charge on any atom is 0.228 e. The van der Waals surface area contributed by atoms with Crippen LogP contribution < -0.4 is 5.32 Å². The lowest BCUT2D eigenvalue weighted by atomic mass is 9.96. The molecule has 1 heterocycles. The number of nitrogens with one attached hydrogen (secondary N) is 1. The number of hydrogen-bond donors (Lipinski definition) is 1. The largest absolute Gasteiger partial charge is 0.326 e. The van der Waals surface area contributed by atoms with Crippen LogP contribution in [0.2, 0.25) is 0 Å². The Hall–Kier alpha value is -2.09. The number of rotatable bonds is 1. The Balaban J connectivity index is 2.22. The zero-order valence-corrected chi connectivity index (χ0v) is 9.66. The molecule has 0 bridgehead atoms. The molecule has 1 N–H and O–H groups in total. The van der Waals surface area contributed by atoms with Crippen LogP contribution in [0.1, 0.15) is 11.1 Å². The van der Waals surface area contributed by atoms with Gasteiger partial charge in [-0.3, -0.25) is 4.79 Å². The molecule has 2 heteroatoms. The van der Waals surface area contributed by atoms with Crippen LogP contribution in [0.15, 0.2) is 42.5 Å². The topological polar surface area (TPSA) is 29.1 Å². The molecule has 2 aromatic carbocycles. The molecule has 0 saturated carbocycles. The van der Waals surface area contributed by atoms with E-state index in [1.807, 2.05) is 24.3 Å². The van der Waals surface area contributed by atoms with Gasteiger partial charge in [0, 0.05) is 5.69 Å². The number of amides is 1. The predicted molar refractivity (Wildman–Crippen MR) is 68.9 cm³/mol. The Bertz CT molecular complexity index is 587. The van der Waals surface area contributed by atoms with Crippen molar-refractivity contribution in [2.24, 2.45) is 0 Å². The van der Waals surface area contributed by atoms with Gasteiger partial charge in [0.1, 0.15) is 0 Å². The van der Waals surface area contributed by atoms with Crippen LogP contribution in [0.25, 0.3) is 11.1 Å². The van der Waals surface area contributed by atoms with E-state index in [2.05, 4.69) is 30.4 Å². The predicted octanol–water partition coefficient (Wildman–Crippen LogP) is 3.16. The maximum atomic E-state index is 11.5. The fourth-order valence-corrected chi connectivity index (χ4v) is 2.35. The van der Waals surface area contributed by atoms with E-state index in [0.29, 0.717) is 6.42 Å². The second kappa shape index (κ2) is 3.74. The van der Waals surface area contributed by atoms with Gasteiger partial charge in [-0.05, 0) is 35.2 Å². The highest BCUT2D eigenvalue weighted by molar-refractivity contribution is 6.02. The molecule has 1 amide bonds. The van der Waals surface area contributed by atoms with Crippen LogP contribution in [0.3, 0.4) is 0 Å². The van der Waals surface area contributed by atoms with Crippen LogP contribution in [0.5, 0.6) is 0 Å². The molecule has 3 rings (SSSR count). The molecule has 0 saturated heterocycles. The number of aryl methyl sites for hydroxylation is 1. The van der Waals surface area contributed by atoms with Gasteiger partial charge < -0.3 is 5.32 Å².